The van der Waals surface area contributed by atoms with E-state index in [1.807, 2.05) is 18.4 Å². The van der Waals surface area contributed by atoms with Crippen LogP contribution in [0.2, 0.25) is 0 Å². The Morgan fingerprint density at radius 3 is 2.74 bits per heavy atom. The molecular weight excluding hydrogens is 403 g/mol. The average molecular weight is 432 g/mol. The molecule has 2 aliphatic heterocycles. The van der Waals surface area contributed by atoms with E-state index >= 15 is 0 Å². The van der Waals surface area contributed by atoms with Crippen molar-refractivity contribution >= 4 is 22.8 Å². The van der Waals surface area contributed by atoms with Crippen LogP contribution in [0.5, 0.6) is 0 Å². The molecule has 0 aromatic carbocycles. The molecule has 0 bridgehead atoms. The summed E-state index contributed by atoms with van der Waals surface area (Å²) >= 11 is 0. The monoisotopic (exact) mass is 432 g/mol. The average Bonchev–Trinajstić information content (AvgIpc) is 3.03. The quantitative estimate of drug-likeness (QED) is 0.724. The largest absolute Gasteiger partial charge is 0.477 e. The number of hydrogen-bond acceptors (Lipinski definition) is 6. The van der Waals surface area contributed by atoms with Crippen LogP contribution in [0.4, 0.5) is 10.2 Å². The summed E-state index contributed by atoms with van der Waals surface area (Å²) in [7, 11) is 1.69. The minimum Gasteiger partial charge on any atom is -0.477 e. The van der Waals surface area contributed by atoms with Gasteiger partial charge in [0.2, 0.25) is 5.43 Å². The van der Waals surface area contributed by atoms with E-state index in [1.54, 1.807) is 7.11 Å². The zero-order chi connectivity index (χ0) is 22.3. The number of likely N-dealkylation sites (tertiary alicyclic amines) is 1. The van der Waals surface area contributed by atoms with Gasteiger partial charge in [-0.15, -0.1) is 0 Å². The molecule has 0 saturated carbocycles. The van der Waals surface area contributed by atoms with E-state index in [0.29, 0.717) is 30.8 Å². The molecule has 0 atom stereocenters. The number of hydrogen-bond donors (Lipinski definition) is 2. The maximum absolute atomic E-state index is 14.9. The van der Waals surface area contributed by atoms with Crippen LogP contribution in [-0.4, -0.2) is 64.9 Å². The number of carboxylic acids is 1. The lowest BCUT2D eigenvalue weighted by atomic mass is 10.0. The molecule has 0 spiro atoms. The Hall–Kier alpha value is -2.52. The van der Waals surface area contributed by atoms with Gasteiger partial charge in [0.25, 0.3) is 0 Å². The number of methoxy groups -OCH3 is 1. The van der Waals surface area contributed by atoms with Crippen molar-refractivity contribution in [2.75, 3.05) is 38.7 Å². The first-order valence-corrected chi connectivity index (χ1v) is 10.7. The number of aromatic carboxylic acids is 1. The first-order valence-electron chi connectivity index (χ1n) is 10.7. The molecule has 2 N–H and O–H groups in total. The summed E-state index contributed by atoms with van der Waals surface area (Å²) in [5.41, 5.74) is -0.556. The molecule has 4 rings (SSSR count). The van der Waals surface area contributed by atoms with Gasteiger partial charge in [-0.1, -0.05) is 0 Å². The number of nitrogens with one attached hydrogen (secondary N) is 1. The lowest BCUT2D eigenvalue weighted by Gasteiger charge is -2.32. The predicted octanol–water partition coefficient (Wildman–Crippen LogP) is 2.44. The fourth-order valence-corrected chi connectivity index (χ4v) is 4.78. The van der Waals surface area contributed by atoms with E-state index in [4.69, 9.17) is 4.74 Å². The van der Waals surface area contributed by atoms with Gasteiger partial charge in [0.15, 0.2) is 11.6 Å². The summed E-state index contributed by atoms with van der Waals surface area (Å²) in [6.07, 6.45) is 2.86. The molecule has 31 heavy (non-hydrogen) atoms. The van der Waals surface area contributed by atoms with Crippen molar-refractivity contribution in [1.82, 2.24) is 14.5 Å². The van der Waals surface area contributed by atoms with Crippen molar-refractivity contribution in [3.05, 3.63) is 33.4 Å². The maximum Gasteiger partial charge on any atom is 0.341 e. The molecule has 1 saturated heterocycles. The highest BCUT2D eigenvalue weighted by atomic mass is 19.1. The van der Waals surface area contributed by atoms with Crippen molar-refractivity contribution in [2.45, 2.75) is 51.1 Å². The van der Waals surface area contributed by atoms with Crippen molar-refractivity contribution < 1.29 is 19.0 Å². The number of pyridine rings is 2. The summed E-state index contributed by atoms with van der Waals surface area (Å²) in [6.45, 7) is 7.30. The van der Waals surface area contributed by atoms with Gasteiger partial charge in [-0.05, 0) is 45.6 Å². The number of anilines is 1. The minimum atomic E-state index is -1.28. The molecule has 0 amide bonds. The van der Waals surface area contributed by atoms with Gasteiger partial charge in [-0.25, -0.2) is 14.2 Å². The van der Waals surface area contributed by atoms with Gasteiger partial charge < -0.3 is 24.6 Å². The smallest absolute Gasteiger partial charge is 0.341 e. The Balaban J connectivity index is 1.70. The molecule has 0 aliphatic carbocycles. The first kappa shape index (κ1) is 21.7. The highest BCUT2D eigenvalue weighted by Gasteiger charge is 2.36. The van der Waals surface area contributed by atoms with Gasteiger partial charge in [0.05, 0.1) is 12.0 Å². The normalized spacial score (nSPS) is 19.0. The van der Waals surface area contributed by atoms with Gasteiger partial charge in [0, 0.05) is 44.0 Å². The molecule has 1 fully saturated rings. The van der Waals surface area contributed by atoms with Crippen LogP contribution in [0.15, 0.2) is 10.9 Å². The predicted molar refractivity (Wildman–Crippen MR) is 116 cm³/mol. The van der Waals surface area contributed by atoms with Crippen LogP contribution < -0.4 is 10.7 Å². The standard InChI is InChI=1S/C22H29FN4O4/c1-22(2)7-4-16-17(21(29)30)18(28)14-12-15(23)19(25-20(14)27(16)22)24-13-5-8-26(9-6-13)10-11-31-3/h12-13H,4-11H2,1-3H3,(H,24,25)(H,29,30). The molecule has 0 unspecified atom stereocenters. The summed E-state index contributed by atoms with van der Waals surface area (Å²) < 4.78 is 21.9. The molecule has 4 heterocycles. The van der Waals surface area contributed by atoms with Gasteiger partial charge >= 0.3 is 5.97 Å². The molecule has 0 radical (unpaired) electrons. The number of fused-ring (bicyclic) bond motifs is 3. The highest BCUT2D eigenvalue weighted by molar-refractivity contribution is 5.94. The van der Waals surface area contributed by atoms with Gasteiger partial charge in [-0.2, -0.15) is 0 Å². The van der Waals surface area contributed by atoms with Crippen molar-refractivity contribution in [1.29, 1.82) is 0 Å². The third-order valence-corrected chi connectivity index (χ3v) is 6.53. The molecule has 168 valence electrons. The summed E-state index contributed by atoms with van der Waals surface area (Å²) in [4.78, 5) is 31.5. The second-order valence-electron chi connectivity index (χ2n) is 9.05. The summed E-state index contributed by atoms with van der Waals surface area (Å²) in [5.74, 6) is -1.81. The van der Waals surface area contributed by atoms with Crippen molar-refractivity contribution in [2.24, 2.45) is 0 Å². The van der Waals surface area contributed by atoms with Crippen molar-refractivity contribution in [3.63, 3.8) is 0 Å². The lowest BCUT2D eigenvalue weighted by Crippen LogP contribution is -2.40. The van der Waals surface area contributed by atoms with Crippen LogP contribution in [0.25, 0.3) is 11.0 Å². The highest BCUT2D eigenvalue weighted by Crippen LogP contribution is 2.36. The Labute approximate surface area is 180 Å². The number of carbonyl (C=O) groups is 1. The van der Waals surface area contributed by atoms with E-state index in [2.05, 4.69) is 15.2 Å². The number of carboxylic acid groups (broad SMARTS) is 1. The van der Waals surface area contributed by atoms with E-state index in [-0.39, 0.29) is 22.8 Å². The fourth-order valence-electron chi connectivity index (χ4n) is 4.78. The zero-order valence-electron chi connectivity index (χ0n) is 18.2. The molecule has 2 aromatic heterocycles. The fraction of sp³-hybridized carbons (Fsp3) is 0.591. The van der Waals surface area contributed by atoms with Crippen LogP contribution in [0, 0.1) is 5.82 Å². The Bertz CT molecular complexity index is 1070. The summed E-state index contributed by atoms with van der Waals surface area (Å²) in [6, 6.07) is 1.21. The molecular formula is C22H29FN4O4. The number of piperidine rings is 1. The molecule has 8 nitrogen and oxygen atoms in total. The number of aromatic nitrogens is 2. The van der Waals surface area contributed by atoms with Crippen LogP contribution in [0.1, 0.15) is 49.2 Å². The van der Waals surface area contributed by atoms with E-state index < -0.39 is 22.8 Å². The van der Waals surface area contributed by atoms with E-state index in [1.165, 1.54) is 0 Å². The lowest BCUT2D eigenvalue weighted by molar-refractivity contribution is 0.0693. The number of ether oxygens (including phenoxy) is 1. The van der Waals surface area contributed by atoms with E-state index in [0.717, 1.165) is 38.5 Å². The number of nitrogens with zero attached hydrogens (tertiary/aromatic N) is 3. The Morgan fingerprint density at radius 1 is 1.39 bits per heavy atom. The molecule has 2 aliphatic rings. The van der Waals surface area contributed by atoms with Crippen molar-refractivity contribution in [3.8, 4) is 0 Å². The first-order chi connectivity index (χ1) is 14.7. The third kappa shape index (κ3) is 3.92. The van der Waals surface area contributed by atoms with Crippen LogP contribution in [-0.2, 0) is 16.7 Å². The third-order valence-electron chi connectivity index (χ3n) is 6.53. The summed E-state index contributed by atoms with van der Waals surface area (Å²) in [5, 5.41) is 12.8. The van der Waals surface area contributed by atoms with Crippen LogP contribution >= 0.6 is 0 Å². The Kier molecular flexibility index (Phi) is 5.74. The van der Waals surface area contributed by atoms with Gasteiger partial charge in [-0.3, -0.25) is 4.79 Å². The molecule has 2 aromatic rings. The SMILES string of the molecule is COCCN1CCC(Nc2nc3c(cc2F)c(=O)c(C(=O)O)c2n3C(C)(C)CC2)CC1. The van der Waals surface area contributed by atoms with E-state index in [9.17, 15) is 19.1 Å². The second-order valence-corrected chi connectivity index (χ2v) is 9.05. The van der Waals surface area contributed by atoms with Crippen LogP contribution in [0.3, 0.4) is 0 Å². The maximum atomic E-state index is 14.9. The Morgan fingerprint density at radius 2 is 2.10 bits per heavy atom. The topological polar surface area (TPSA) is 96.7 Å². The minimum absolute atomic E-state index is 0.00793. The second kappa shape index (κ2) is 8.20. The molecule has 9 heteroatoms. The number of rotatable bonds is 6. The zero-order valence-corrected chi connectivity index (χ0v) is 18.2. The number of halogens is 1. The van der Waals surface area contributed by atoms with Gasteiger partial charge in [0.1, 0.15) is 11.2 Å².